The van der Waals surface area contributed by atoms with Crippen LogP contribution in [0.3, 0.4) is 0 Å². The van der Waals surface area contributed by atoms with Gasteiger partial charge in [0.15, 0.2) is 0 Å². The second kappa shape index (κ2) is 4.88. The minimum atomic E-state index is -0.304. The third-order valence-electron chi connectivity index (χ3n) is 5.45. The number of benzene rings is 1. The Morgan fingerprint density at radius 2 is 2.05 bits per heavy atom. The monoisotopic (exact) mass is 302 g/mol. The Labute approximate surface area is 130 Å². The van der Waals surface area contributed by atoms with E-state index < -0.39 is 0 Å². The molecule has 1 aromatic carbocycles. The number of methoxy groups -OCH3 is 1. The standard InChI is InChI=1S/C17H22N2O3/c1-12-9-14(3-4-15(12)21-2)19-11-17(22-16(19)20)10-18-7-5-13(17)6-8-18/h3-4,9,13H,5-8,10-11H2,1-2H3. The lowest BCUT2D eigenvalue weighted by molar-refractivity contribution is -0.0881. The lowest BCUT2D eigenvalue weighted by Crippen LogP contribution is -2.61. The molecule has 0 aliphatic carbocycles. The fraction of sp³-hybridized carbons (Fsp3) is 0.588. The molecule has 4 saturated heterocycles. The maximum atomic E-state index is 12.4. The Hall–Kier alpha value is -1.75. The Balaban J connectivity index is 1.62. The van der Waals surface area contributed by atoms with Crippen LogP contribution in [0.25, 0.3) is 0 Å². The number of aryl methyl sites for hydroxylation is 1. The summed E-state index contributed by atoms with van der Waals surface area (Å²) >= 11 is 0. The highest BCUT2D eigenvalue weighted by atomic mass is 16.6. The van der Waals surface area contributed by atoms with E-state index in [1.807, 2.05) is 25.1 Å². The number of piperidine rings is 3. The van der Waals surface area contributed by atoms with Gasteiger partial charge in [-0.15, -0.1) is 0 Å². The van der Waals surface area contributed by atoms with Crippen LogP contribution in [0.1, 0.15) is 18.4 Å². The van der Waals surface area contributed by atoms with Gasteiger partial charge in [0.25, 0.3) is 0 Å². The summed E-state index contributed by atoms with van der Waals surface area (Å²) in [7, 11) is 1.66. The minimum absolute atomic E-state index is 0.210. The van der Waals surface area contributed by atoms with Gasteiger partial charge in [-0.3, -0.25) is 9.80 Å². The van der Waals surface area contributed by atoms with Crippen LogP contribution in [-0.2, 0) is 4.74 Å². The lowest BCUT2D eigenvalue weighted by atomic mass is 9.75. The van der Waals surface area contributed by atoms with Gasteiger partial charge in [0.05, 0.1) is 13.7 Å². The molecule has 0 radical (unpaired) electrons. The number of hydrogen-bond donors (Lipinski definition) is 0. The van der Waals surface area contributed by atoms with Crippen LogP contribution in [0.5, 0.6) is 5.75 Å². The minimum Gasteiger partial charge on any atom is -0.496 e. The van der Waals surface area contributed by atoms with Gasteiger partial charge >= 0.3 is 6.09 Å². The van der Waals surface area contributed by atoms with Crippen molar-refractivity contribution in [3.63, 3.8) is 0 Å². The van der Waals surface area contributed by atoms with E-state index in [1.54, 1.807) is 12.0 Å². The van der Waals surface area contributed by atoms with Gasteiger partial charge in [-0.05, 0) is 56.6 Å². The largest absolute Gasteiger partial charge is 0.496 e. The molecule has 1 amide bonds. The predicted octanol–water partition coefficient (Wildman–Crippen LogP) is 2.42. The Bertz CT molecular complexity index is 610. The van der Waals surface area contributed by atoms with Crippen molar-refractivity contribution in [3.05, 3.63) is 23.8 Å². The molecule has 2 bridgehead atoms. The van der Waals surface area contributed by atoms with E-state index in [9.17, 15) is 4.79 Å². The van der Waals surface area contributed by atoms with Gasteiger partial charge in [0, 0.05) is 18.2 Å². The van der Waals surface area contributed by atoms with Crippen LogP contribution in [0.15, 0.2) is 18.2 Å². The van der Waals surface area contributed by atoms with Crippen LogP contribution in [0, 0.1) is 12.8 Å². The molecule has 4 aliphatic heterocycles. The van der Waals surface area contributed by atoms with Crippen molar-refractivity contribution in [1.29, 1.82) is 0 Å². The molecule has 1 unspecified atom stereocenters. The smallest absolute Gasteiger partial charge is 0.415 e. The normalized spacial score (nSPS) is 33.4. The lowest BCUT2D eigenvalue weighted by Gasteiger charge is -2.49. The average Bonchev–Trinajstić information content (AvgIpc) is 2.84. The molecule has 1 aromatic rings. The summed E-state index contributed by atoms with van der Waals surface area (Å²) in [5.41, 5.74) is 1.63. The molecule has 1 atom stereocenters. The van der Waals surface area contributed by atoms with Crippen LogP contribution in [0.4, 0.5) is 10.5 Å². The number of carbonyl (C=O) groups is 1. The summed E-state index contributed by atoms with van der Waals surface area (Å²) in [4.78, 5) is 16.7. The fourth-order valence-electron chi connectivity index (χ4n) is 4.24. The number of anilines is 1. The second-order valence-electron chi connectivity index (χ2n) is 6.72. The van der Waals surface area contributed by atoms with Gasteiger partial charge < -0.3 is 9.47 Å². The first-order valence-corrected chi connectivity index (χ1v) is 7.99. The number of rotatable bonds is 2. The first-order chi connectivity index (χ1) is 10.6. The molecule has 4 fully saturated rings. The number of ether oxygens (including phenoxy) is 2. The van der Waals surface area contributed by atoms with Crippen molar-refractivity contribution in [2.45, 2.75) is 25.4 Å². The zero-order chi connectivity index (χ0) is 15.3. The van der Waals surface area contributed by atoms with Crippen molar-refractivity contribution in [3.8, 4) is 5.75 Å². The summed E-state index contributed by atoms with van der Waals surface area (Å²) in [6, 6.07) is 5.85. The van der Waals surface area contributed by atoms with E-state index in [4.69, 9.17) is 9.47 Å². The summed E-state index contributed by atoms with van der Waals surface area (Å²) in [6.07, 6.45) is 2.07. The maximum Gasteiger partial charge on any atom is 0.415 e. The molecule has 0 N–H and O–H groups in total. The number of fused-ring (bicyclic) bond motifs is 2. The van der Waals surface area contributed by atoms with Crippen molar-refractivity contribution in [2.24, 2.45) is 5.92 Å². The van der Waals surface area contributed by atoms with Gasteiger partial charge in [-0.2, -0.15) is 0 Å². The summed E-state index contributed by atoms with van der Waals surface area (Å²) in [5, 5.41) is 0. The molecular weight excluding hydrogens is 280 g/mol. The van der Waals surface area contributed by atoms with Gasteiger partial charge in [0.1, 0.15) is 11.4 Å². The number of carbonyl (C=O) groups excluding carboxylic acids is 1. The van der Waals surface area contributed by atoms with E-state index in [0.29, 0.717) is 12.5 Å². The third kappa shape index (κ3) is 1.99. The van der Waals surface area contributed by atoms with Crippen molar-refractivity contribution < 1.29 is 14.3 Å². The van der Waals surface area contributed by atoms with Gasteiger partial charge in [0.2, 0.25) is 0 Å². The van der Waals surface area contributed by atoms with Gasteiger partial charge in [-0.25, -0.2) is 4.79 Å². The molecule has 1 spiro atoms. The van der Waals surface area contributed by atoms with E-state index >= 15 is 0 Å². The molecule has 5 nitrogen and oxygen atoms in total. The molecule has 5 heteroatoms. The van der Waals surface area contributed by atoms with Crippen molar-refractivity contribution in [1.82, 2.24) is 4.90 Å². The molecule has 4 heterocycles. The summed E-state index contributed by atoms with van der Waals surface area (Å²) < 4.78 is 11.2. The number of nitrogens with zero attached hydrogens (tertiary/aromatic N) is 2. The number of hydrogen-bond acceptors (Lipinski definition) is 4. The van der Waals surface area contributed by atoms with E-state index in [2.05, 4.69) is 4.90 Å². The van der Waals surface area contributed by atoms with Crippen LogP contribution in [-0.4, -0.2) is 49.9 Å². The quantitative estimate of drug-likeness (QED) is 0.841. The second-order valence-corrected chi connectivity index (χ2v) is 6.72. The average molecular weight is 302 g/mol. The first kappa shape index (κ1) is 13.9. The fourth-order valence-corrected chi connectivity index (χ4v) is 4.24. The SMILES string of the molecule is COc1ccc(N2CC3(CN4CCC3CC4)OC2=O)cc1C. The molecule has 0 saturated carbocycles. The predicted molar refractivity (Wildman–Crippen MR) is 83.5 cm³/mol. The number of amides is 1. The zero-order valence-electron chi connectivity index (χ0n) is 13.2. The van der Waals surface area contributed by atoms with Crippen LogP contribution >= 0.6 is 0 Å². The molecule has 5 rings (SSSR count). The Kier molecular flexibility index (Phi) is 3.08. The summed E-state index contributed by atoms with van der Waals surface area (Å²) in [6.45, 7) is 5.83. The topological polar surface area (TPSA) is 42.0 Å². The van der Waals surface area contributed by atoms with E-state index in [1.165, 1.54) is 0 Å². The van der Waals surface area contributed by atoms with Gasteiger partial charge in [-0.1, -0.05) is 0 Å². The van der Waals surface area contributed by atoms with Crippen LogP contribution in [0.2, 0.25) is 0 Å². The molecule has 118 valence electrons. The van der Waals surface area contributed by atoms with Crippen molar-refractivity contribution in [2.75, 3.05) is 38.2 Å². The molecule has 4 aliphatic rings. The first-order valence-electron chi connectivity index (χ1n) is 7.99. The third-order valence-corrected chi connectivity index (χ3v) is 5.45. The van der Waals surface area contributed by atoms with E-state index in [0.717, 1.165) is 49.5 Å². The maximum absolute atomic E-state index is 12.4. The van der Waals surface area contributed by atoms with Crippen LogP contribution < -0.4 is 9.64 Å². The highest BCUT2D eigenvalue weighted by molar-refractivity contribution is 5.90. The zero-order valence-corrected chi connectivity index (χ0v) is 13.2. The molecule has 0 aromatic heterocycles. The Morgan fingerprint density at radius 3 is 2.64 bits per heavy atom. The summed E-state index contributed by atoms with van der Waals surface area (Å²) in [5.74, 6) is 1.35. The van der Waals surface area contributed by atoms with Crippen molar-refractivity contribution >= 4 is 11.8 Å². The highest BCUT2D eigenvalue weighted by Crippen LogP contribution is 2.43. The highest BCUT2D eigenvalue weighted by Gasteiger charge is 2.55. The molecule has 22 heavy (non-hydrogen) atoms. The Morgan fingerprint density at radius 1 is 1.27 bits per heavy atom. The van der Waals surface area contributed by atoms with E-state index in [-0.39, 0.29) is 11.7 Å². The molecular formula is C17H22N2O3.